The molecule has 33 heavy (non-hydrogen) atoms. The third kappa shape index (κ3) is 3.38. The number of aromatic nitrogens is 3. The minimum Gasteiger partial charge on any atom is -0.493 e. The van der Waals surface area contributed by atoms with Crippen LogP contribution in [-0.2, 0) is 17.8 Å². The summed E-state index contributed by atoms with van der Waals surface area (Å²) in [6.07, 6.45) is 4.94. The number of β-lactam (4-membered cyclic amide) rings is 1. The summed E-state index contributed by atoms with van der Waals surface area (Å²) < 4.78 is 22.0. The molecule has 2 aliphatic rings. The molecule has 0 aliphatic carbocycles. The van der Waals surface area contributed by atoms with Crippen LogP contribution in [0.2, 0.25) is 0 Å². The summed E-state index contributed by atoms with van der Waals surface area (Å²) in [7, 11) is 0. The number of benzene rings is 2. The molecule has 4 heterocycles. The van der Waals surface area contributed by atoms with Gasteiger partial charge in [-0.15, -0.1) is 0 Å². The van der Waals surface area contributed by atoms with Crippen molar-refractivity contribution in [3.05, 3.63) is 77.0 Å². The number of carbonyl (C=O) groups excluding carboxylic acids is 1. The Balaban J connectivity index is 1.31. The fourth-order valence-corrected chi connectivity index (χ4v) is 4.56. The monoisotopic (exact) mass is 443 g/mol. The van der Waals surface area contributed by atoms with Gasteiger partial charge in [-0.05, 0) is 30.2 Å². The lowest BCUT2D eigenvalue weighted by Crippen LogP contribution is -2.41. The van der Waals surface area contributed by atoms with E-state index in [1.54, 1.807) is 12.3 Å². The number of nitrogens with zero attached hydrogens (tertiary/aromatic N) is 3. The number of rotatable bonds is 5. The molecule has 1 atom stereocenters. The summed E-state index contributed by atoms with van der Waals surface area (Å²) in [5.74, 6) is 1.19. The van der Waals surface area contributed by atoms with Gasteiger partial charge >= 0.3 is 0 Å². The van der Waals surface area contributed by atoms with Crippen molar-refractivity contribution in [2.24, 2.45) is 0 Å². The topological polar surface area (TPSA) is 80.5 Å². The lowest BCUT2D eigenvalue weighted by atomic mass is 9.95. The first-order chi connectivity index (χ1) is 16.1. The molecule has 166 valence electrons. The van der Waals surface area contributed by atoms with E-state index in [1.165, 1.54) is 6.07 Å². The van der Waals surface area contributed by atoms with Crippen LogP contribution in [0.1, 0.15) is 34.8 Å². The Bertz CT molecular complexity index is 1390. The number of ether oxygens (including phenoxy) is 1. The Kier molecular flexibility index (Phi) is 4.53. The average Bonchev–Trinajstić information content (AvgIpc) is 3.43. The van der Waals surface area contributed by atoms with Gasteiger partial charge in [-0.2, -0.15) is 0 Å². The summed E-state index contributed by atoms with van der Waals surface area (Å²) >= 11 is 0. The van der Waals surface area contributed by atoms with Crippen molar-refractivity contribution < 1.29 is 13.9 Å². The summed E-state index contributed by atoms with van der Waals surface area (Å²) in [6.45, 7) is 2.82. The highest BCUT2D eigenvalue weighted by Crippen LogP contribution is 2.32. The second kappa shape index (κ2) is 7.58. The fourth-order valence-electron chi connectivity index (χ4n) is 4.56. The van der Waals surface area contributed by atoms with E-state index in [-0.39, 0.29) is 17.8 Å². The number of anilines is 1. The Morgan fingerprint density at radius 1 is 1.24 bits per heavy atom. The highest BCUT2D eigenvalue weighted by atomic mass is 19.1. The zero-order chi connectivity index (χ0) is 22.5. The number of hydrogen-bond donors (Lipinski definition) is 2. The van der Waals surface area contributed by atoms with Crippen LogP contribution in [0.4, 0.5) is 10.3 Å². The first-order valence-electron chi connectivity index (χ1n) is 11.0. The van der Waals surface area contributed by atoms with Crippen molar-refractivity contribution in [2.75, 3.05) is 11.9 Å². The number of carbonyl (C=O) groups is 1. The maximum absolute atomic E-state index is 14.5. The molecule has 0 radical (unpaired) electrons. The van der Waals surface area contributed by atoms with Gasteiger partial charge in [0.25, 0.3) is 0 Å². The molecule has 7 nitrogen and oxygen atoms in total. The van der Waals surface area contributed by atoms with Gasteiger partial charge in [-0.3, -0.25) is 9.20 Å². The van der Waals surface area contributed by atoms with E-state index in [1.807, 2.05) is 41.8 Å². The van der Waals surface area contributed by atoms with E-state index in [0.29, 0.717) is 37.5 Å². The zero-order valence-electron chi connectivity index (χ0n) is 18.1. The molecule has 1 unspecified atom stereocenters. The Hall–Kier alpha value is -3.94. The van der Waals surface area contributed by atoms with Crippen LogP contribution >= 0.6 is 0 Å². The summed E-state index contributed by atoms with van der Waals surface area (Å²) in [4.78, 5) is 20.5. The van der Waals surface area contributed by atoms with Gasteiger partial charge < -0.3 is 15.4 Å². The molecular weight excluding hydrogens is 421 g/mol. The maximum atomic E-state index is 14.5. The second-order valence-electron chi connectivity index (χ2n) is 8.47. The van der Waals surface area contributed by atoms with Gasteiger partial charge in [0.15, 0.2) is 0 Å². The molecule has 1 fully saturated rings. The van der Waals surface area contributed by atoms with Crippen molar-refractivity contribution >= 4 is 17.5 Å². The van der Waals surface area contributed by atoms with Gasteiger partial charge in [-0.25, -0.2) is 14.4 Å². The van der Waals surface area contributed by atoms with E-state index < -0.39 is 0 Å². The Morgan fingerprint density at radius 2 is 2.06 bits per heavy atom. The first kappa shape index (κ1) is 19.7. The number of hydrogen-bond acceptors (Lipinski definition) is 5. The Labute approximate surface area is 189 Å². The molecule has 0 spiro atoms. The van der Waals surface area contributed by atoms with E-state index in [4.69, 9.17) is 9.72 Å². The molecule has 8 heteroatoms. The van der Waals surface area contributed by atoms with Crippen molar-refractivity contribution in [1.29, 1.82) is 0 Å². The molecule has 2 aromatic carbocycles. The third-order valence-electron chi connectivity index (χ3n) is 6.32. The summed E-state index contributed by atoms with van der Waals surface area (Å²) in [5.41, 5.74) is 6.14. The number of halogens is 1. The second-order valence-corrected chi connectivity index (χ2v) is 8.47. The van der Waals surface area contributed by atoms with E-state index in [2.05, 4.69) is 15.6 Å². The quantitative estimate of drug-likeness (QED) is 0.457. The van der Waals surface area contributed by atoms with Gasteiger partial charge in [0.1, 0.15) is 17.2 Å². The predicted molar refractivity (Wildman–Crippen MR) is 122 cm³/mol. The minimum atomic E-state index is -0.246. The number of fused-ring (bicyclic) bond motifs is 2. The van der Waals surface area contributed by atoms with E-state index in [9.17, 15) is 9.18 Å². The van der Waals surface area contributed by atoms with Gasteiger partial charge in [-0.1, -0.05) is 24.3 Å². The lowest BCUT2D eigenvalue weighted by Gasteiger charge is -2.27. The highest BCUT2D eigenvalue weighted by molar-refractivity contribution is 5.83. The molecule has 4 aromatic rings. The minimum absolute atomic E-state index is 0.0822. The van der Waals surface area contributed by atoms with Gasteiger partial charge in [0.05, 0.1) is 24.8 Å². The van der Waals surface area contributed by atoms with Crippen molar-refractivity contribution in [2.45, 2.75) is 32.4 Å². The molecule has 2 N–H and O–H groups in total. The number of nitrogens with one attached hydrogen (secondary N) is 2. The first-order valence-corrected chi connectivity index (χ1v) is 11.0. The molecule has 2 aliphatic heterocycles. The average molecular weight is 443 g/mol. The molecule has 1 amide bonds. The number of aryl methyl sites for hydroxylation is 1. The Morgan fingerprint density at radius 3 is 2.85 bits per heavy atom. The number of imidazole rings is 1. The smallest absolute Gasteiger partial charge is 0.222 e. The van der Waals surface area contributed by atoms with Crippen LogP contribution in [0, 0.1) is 12.7 Å². The van der Waals surface area contributed by atoms with Crippen LogP contribution in [0.25, 0.3) is 16.8 Å². The SMILES string of the molecule is Cc1cn2c(NCc3c(F)ccc4c3CCO4)ncc(-c3ccc(C4CC(=O)N4)cc3)c2n1. The van der Waals surface area contributed by atoms with Crippen LogP contribution in [0.3, 0.4) is 0 Å². The maximum Gasteiger partial charge on any atom is 0.222 e. The normalized spacial score (nSPS) is 16.8. The van der Waals surface area contributed by atoms with Crippen molar-refractivity contribution in [3.8, 4) is 16.9 Å². The van der Waals surface area contributed by atoms with Crippen LogP contribution in [-0.4, -0.2) is 26.9 Å². The standard InChI is InChI=1S/C25H22FN5O2/c1-14-13-31-24(29-14)18(15-2-4-16(5-3-15)21-10-23(32)30-21)11-27-25(31)28-12-19-17-8-9-33-22(17)7-6-20(19)26/h2-7,11,13,21H,8-10,12H2,1H3,(H,27,28)(H,30,32). The van der Waals surface area contributed by atoms with Gasteiger partial charge in [0, 0.05) is 42.0 Å². The van der Waals surface area contributed by atoms with Crippen molar-refractivity contribution in [3.63, 3.8) is 0 Å². The fraction of sp³-hybridized carbons (Fsp3) is 0.240. The highest BCUT2D eigenvalue weighted by Gasteiger charge is 2.26. The molecule has 0 bridgehead atoms. The largest absolute Gasteiger partial charge is 0.493 e. The van der Waals surface area contributed by atoms with E-state index >= 15 is 0 Å². The predicted octanol–water partition coefficient (Wildman–Crippen LogP) is 3.95. The van der Waals surface area contributed by atoms with Gasteiger partial charge in [0.2, 0.25) is 11.9 Å². The summed E-state index contributed by atoms with van der Waals surface area (Å²) in [6, 6.07) is 11.3. The van der Waals surface area contributed by atoms with Crippen LogP contribution in [0.5, 0.6) is 5.75 Å². The lowest BCUT2D eigenvalue weighted by molar-refractivity contribution is -0.128. The molecular formula is C25H22FN5O2. The molecule has 2 aromatic heterocycles. The van der Waals surface area contributed by atoms with E-state index in [0.717, 1.165) is 39.3 Å². The van der Waals surface area contributed by atoms with Crippen molar-refractivity contribution in [1.82, 2.24) is 19.7 Å². The van der Waals surface area contributed by atoms with Crippen LogP contribution in [0.15, 0.2) is 48.8 Å². The van der Waals surface area contributed by atoms with Crippen LogP contribution < -0.4 is 15.4 Å². The molecule has 1 saturated heterocycles. The third-order valence-corrected chi connectivity index (χ3v) is 6.32. The molecule has 0 saturated carbocycles. The zero-order valence-corrected chi connectivity index (χ0v) is 18.1. The summed E-state index contributed by atoms with van der Waals surface area (Å²) in [5, 5.41) is 6.18. The molecule has 6 rings (SSSR count). The number of amides is 1.